The number of aromatic nitrogens is 2. The molecule has 0 spiro atoms. The number of nitrogens with zero attached hydrogens (tertiary/aromatic N) is 3. The Kier molecular flexibility index (Phi) is 3.55. The van der Waals surface area contributed by atoms with Gasteiger partial charge in [0.05, 0.1) is 18.8 Å². The minimum absolute atomic E-state index is 0.311. The zero-order valence-electron chi connectivity index (χ0n) is 11.5. The van der Waals surface area contributed by atoms with E-state index in [4.69, 9.17) is 4.74 Å². The molecule has 0 N–H and O–H groups in total. The van der Waals surface area contributed by atoms with E-state index in [0.717, 1.165) is 31.2 Å². The second kappa shape index (κ2) is 5.33. The summed E-state index contributed by atoms with van der Waals surface area (Å²) in [5, 5.41) is 4.33. The normalized spacial score (nSPS) is 19.2. The molecule has 1 aliphatic carbocycles. The van der Waals surface area contributed by atoms with Gasteiger partial charge in [0.25, 0.3) is 0 Å². The van der Waals surface area contributed by atoms with Crippen LogP contribution >= 0.6 is 0 Å². The lowest BCUT2D eigenvalue weighted by Gasteiger charge is -2.27. The van der Waals surface area contributed by atoms with Crippen molar-refractivity contribution in [3.63, 3.8) is 0 Å². The van der Waals surface area contributed by atoms with Gasteiger partial charge in [-0.3, -0.25) is 9.58 Å². The highest BCUT2D eigenvalue weighted by molar-refractivity contribution is 5.87. The summed E-state index contributed by atoms with van der Waals surface area (Å²) in [6.07, 6.45) is 4.15. The zero-order chi connectivity index (χ0) is 13.2. The van der Waals surface area contributed by atoms with Crippen molar-refractivity contribution < 1.29 is 9.53 Å². The number of fused-ring (bicyclic) bond motifs is 1. The molecule has 1 aromatic rings. The molecule has 2 heterocycles. The summed E-state index contributed by atoms with van der Waals surface area (Å²) < 4.78 is 6.94. The molecule has 1 fully saturated rings. The van der Waals surface area contributed by atoms with Gasteiger partial charge in [-0.15, -0.1) is 0 Å². The van der Waals surface area contributed by atoms with Crippen molar-refractivity contribution in [3.8, 4) is 0 Å². The van der Waals surface area contributed by atoms with Crippen LogP contribution in [0.2, 0.25) is 0 Å². The predicted molar refractivity (Wildman–Crippen MR) is 70.8 cm³/mol. The highest BCUT2D eigenvalue weighted by Gasteiger charge is 2.25. The molecule has 0 atom stereocenters. The van der Waals surface area contributed by atoms with E-state index in [9.17, 15) is 4.79 Å². The van der Waals surface area contributed by atoms with E-state index in [-0.39, 0.29) is 5.97 Å². The largest absolute Gasteiger partial charge is 0.461 e. The van der Waals surface area contributed by atoms with Gasteiger partial charge in [0.15, 0.2) is 5.69 Å². The van der Waals surface area contributed by atoms with E-state index < -0.39 is 0 Å². The average molecular weight is 263 g/mol. The summed E-state index contributed by atoms with van der Waals surface area (Å²) in [5.41, 5.74) is 1.57. The van der Waals surface area contributed by atoms with Gasteiger partial charge in [-0.1, -0.05) is 12.8 Å². The monoisotopic (exact) mass is 263 g/mol. The lowest BCUT2D eigenvalue weighted by Crippen LogP contribution is -2.34. The number of esters is 1. The minimum atomic E-state index is -0.311. The zero-order valence-corrected chi connectivity index (χ0v) is 11.5. The van der Waals surface area contributed by atoms with Crippen LogP contribution in [0.25, 0.3) is 0 Å². The maximum absolute atomic E-state index is 11.7. The molecule has 1 aromatic heterocycles. The minimum Gasteiger partial charge on any atom is -0.461 e. The lowest BCUT2D eigenvalue weighted by atomic mass is 10.2. The fourth-order valence-electron chi connectivity index (χ4n) is 2.59. The van der Waals surface area contributed by atoms with Crippen LogP contribution in [-0.2, 0) is 17.8 Å². The van der Waals surface area contributed by atoms with Gasteiger partial charge < -0.3 is 4.74 Å². The fourth-order valence-corrected chi connectivity index (χ4v) is 2.59. The molecule has 104 valence electrons. The quantitative estimate of drug-likeness (QED) is 0.758. The van der Waals surface area contributed by atoms with E-state index in [1.807, 2.05) is 17.7 Å². The molecule has 2 aliphatic rings. The molecule has 1 saturated carbocycles. The standard InChI is InChI=1S/C14H21N3O2/c1-2-19-14(18)13-9-12-10-16(6-5-11-3-4-11)7-8-17(12)15-13/h9,11H,2-8,10H2,1H3. The van der Waals surface area contributed by atoms with Crippen molar-refractivity contribution in [3.05, 3.63) is 17.5 Å². The summed E-state index contributed by atoms with van der Waals surface area (Å²) in [7, 11) is 0. The van der Waals surface area contributed by atoms with Gasteiger partial charge >= 0.3 is 5.97 Å². The first-order valence-electron chi connectivity index (χ1n) is 7.22. The molecule has 0 aromatic carbocycles. The summed E-state index contributed by atoms with van der Waals surface area (Å²) in [6.45, 7) is 6.19. The summed E-state index contributed by atoms with van der Waals surface area (Å²) in [5.74, 6) is 0.663. The molecular formula is C14H21N3O2. The summed E-state index contributed by atoms with van der Waals surface area (Å²) in [6, 6.07) is 1.88. The van der Waals surface area contributed by atoms with Gasteiger partial charge in [0.2, 0.25) is 0 Å². The second-order valence-corrected chi connectivity index (χ2v) is 5.47. The Morgan fingerprint density at radius 3 is 3.05 bits per heavy atom. The van der Waals surface area contributed by atoms with Gasteiger partial charge in [-0.05, 0) is 31.9 Å². The number of rotatable bonds is 5. The Morgan fingerprint density at radius 2 is 2.32 bits per heavy atom. The van der Waals surface area contributed by atoms with Crippen LogP contribution in [0.3, 0.4) is 0 Å². The molecule has 0 unspecified atom stereocenters. The summed E-state index contributed by atoms with van der Waals surface area (Å²) in [4.78, 5) is 14.1. The van der Waals surface area contributed by atoms with E-state index >= 15 is 0 Å². The molecule has 5 heteroatoms. The smallest absolute Gasteiger partial charge is 0.358 e. The van der Waals surface area contributed by atoms with Crippen LogP contribution in [0.1, 0.15) is 42.4 Å². The topological polar surface area (TPSA) is 47.4 Å². The second-order valence-electron chi connectivity index (χ2n) is 5.47. The first kappa shape index (κ1) is 12.7. The van der Waals surface area contributed by atoms with Crippen molar-refractivity contribution in [1.82, 2.24) is 14.7 Å². The van der Waals surface area contributed by atoms with E-state index in [0.29, 0.717) is 12.3 Å². The first-order valence-corrected chi connectivity index (χ1v) is 7.22. The molecular weight excluding hydrogens is 242 g/mol. The lowest BCUT2D eigenvalue weighted by molar-refractivity contribution is 0.0518. The SMILES string of the molecule is CCOC(=O)c1cc2n(n1)CCN(CCC1CC1)C2. The van der Waals surface area contributed by atoms with Crippen molar-refractivity contribution >= 4 is 5.97 Å². The number of carbonyl (C=O) groups excluding carboxylic acids is 1. The van der Waals surface area contributed by atoms with Crippen LogP contribution in [0, 0.1) is 5.92 Å². The number of hydrogen-bond acceptors (Lipinski definition) is 4. The molecule has 5 nitrogen and oxygen atoms in total. The third-order valence-electron chi connectivity index (χ3n) is 3.91. The molecule has 3 rings (SSSR count). The van der Waals surface area contributed by atoms with Crippen LogP contribution in [0.4, 0.5) is 0 Å². The Hall–Kier alpha value is -1.36. The van der Waals surface area contributed by atoms with Gasteiger partial charge in [-0.2, -0.15) is 5.10 Å². The Morgan fingerprint density at radius 1 is 1.47 bits per heavy atom. The number of hydrogen-bond donors (Lipinski definition) is 0. The highest BCUT2D eigenvalue weighted by Crippen LogP contribution is 2.32. The van der Waals surface area contributed by atoms with Crippen LogP contribution < -0.4 is 0 Å². The summed E-state index contributed by atoms with van der Waals surface area (Å²) >= 11 is 0. The van der Waals surface area contributed by atoms with Crippen molar-refractivity contribution in [2.75, 3.05) is 19.7 Å². The maximum Gasteiger partial charge on any atom is 0.358 e. The van der Waals surface area contributed by atoms with Crippen LogP contribution in [0.5, 0.6) is 0 Å². The van der Waals surface area contributed by atoms with E-state index in [2.05, 4.69) is 10.00 Å². The highest BCUT2D eigenvalue weighted by atomic mass is 16.5. The van der Waals surface area contributed by atoms with Crippen molar-refractivity contribution in [2.45, 2.75) is 39.3 Å². The predicted octanol–water partition coefficient (Wildman–Crippen LogP) is 1.68. The molecule has 1 aliphatic heterocycles. The number of ether oxygens (including phenoxy) is 1. The average Bonchev–Trinajstić information content (AvgIpc) is 3.14. The first-order chi connectivity index (χ1) is 9.26. The molecule has 0 radical (unpaired) electrons. The molecule has 19 heavy (non-hydrogen) atoms. The van der Waals surface area contributed by atoms with Crippen LogP contribution in [-0.4, -0.2) is 40.3 Å². The third-order valence-corrected chi connectivity index (χ3v) is 3.91. The Bertz CT molecular complexity index is 465. The third kappa shape index (κ3) is 2.97. The van der Waals surface area contributed by atoms with Gasteiger partial charge in [-0.25, -0.2) is 4.79 Å². The Balaban J connectivity index is 1.61. The number of carbonyl (C=O) groups is 1. The van der Waals surface area contributed by atoms with Crippen molar-refractivity contribution in [1.29, 1.82) is 0 Å². The van der Waals surface area contributed by atoms with Crippen molar-refractivity contribution in [2.24, 2.45) is 5.92 Å². The Labute approximate surface area is 113 Å². The van der Waals surface area contributed by atoms with Gasteiger partial charge in [0.1, 0.15) is 0 Å². The maximum atomic E-state index is 11.7. The van der Waals surface area contributed by atoms with E-state index in [1.165, 1.54) is 25.8 Å². The molecule has 0 saturated heterocycles. The van der Waals surface area contributed by atoms with Gasteiger partial charge in [0, 0.05) is 13.1 Å². The van der Waals surface area contributed by atoms with Crippen LogP contribution in [0.15, 0.2) is 6.07 Å². The molecule has 0 amide bonds. The molecule has 0 bridgehead atoms. The fraction of sp³-hybridized carbons (Fsp3) is 0.714. The van der Waals surface area contributed by atoms with E-state index in [1.54, 1.807) is 0 Å².